The summed E-state index contributed by atoms with van der Waals surface area (Å²) in [6.07, 6.45) is 2.01. The molecule has 1 unspecified atom stereocenters. The predicted molar refractivity (Wildman–Crippen MR) is 50.8 cm³/mol. The van der Waals surface area contributed by atoms with E-state index in [4.69, 9.17) is 0 Å². The first-order valence-electron chi connectivity index (χ1n) is 4.95. The maximum Gasteiger partial charge on any atom is 0.194 e. The number of halogens is 3. The van der Waals surface area contributed by atoms with Gasteiger partial charge in [-0.3, -0.25) is 0 Å². The van der Waals surface area contributed by atoms with Crippen molar-refractivity contribution >= 4 is 0 Å². The summed E-state index contributed by atoms with van der Waals surface area (Å²) in [5.74, 6) is -3.24. The standard InChI is InChI=1S/C11H12F3N/c1-15-11(6-2-3-6)7-4-5-8(12)10(14)9(7)13/h4-6,11,15H,2-3H2,1H3. The van der Waals surface area contributed by atoms with E-state index >= 15 is 0 Å². The van der Waals surface area contributed by atoms with Crippen LogP contribution in [-0.4, -0.2) is 7.05 Å². The summed E-state index contributed by atoms with van der Waals surface area (Å²) in [5.41, 5.74) is 0.221. The fourth-order valence-electron chi connectivity index (χ4n) is 1.86. The summed E-state index contributed by atoms with van der Waals surface area (Å²) in [5, 5.41) is 2.94. The van der Waals surface area contributed by atoms with Gasteiger partial charge in [0.25, 0.3) is 0 Å². The number of hydrogen-bond acceptors (Lipinski definition) is 1. The van der Waals surface area contributed by atoms with Crippen molar-refractivity contribution in [1.29, 1.82) is 0 Å². The van der Waals surface area contributed by atoms with Crippen molar-refractivity contribution in [3.63, 3.8) is 0 Å². The molecule has 0 bridgehead atoms. The molecule has 0 spiro atoms. The number of rotatable bonds is 3. The zero-order chi connectivity index (χ0) is 11.0. The highest BCUT2D eigenvalue weighted by molar-refractivity contribution is 5.25. The Bertz CT molecular complexity index is 374. The molecule has 0 heterocycles. The molecule has 1 saturated carbocycles. The average Bonchev–Trinajstić information content (AvgIpc) is 3.03. The first-order valence-corrected chi connectivity index (χ1v) is 4.95. The lowest BCUT2D eigenvalue weighted by Crippen LogP contribution is -2.20. The minimum absolute atomic E-state index is 0.208. The first-order chi connectivity index (χ1) is 7.15. The second-order valence-electron chi connectivity index (χ2n) is 3.87. The molecule has 0 aliphatic heterocycles. The van der Waals surface area contributed by atoms with Gasteiger partial charge in [-0.2, -0.15) is 0 Å². The van der Waals surface area contributed by atoms with Crippen LogP contribution in [0.4, 0.5) is 13.2 Å². The predicted octanol–water partition coefficient (Wildman–Crippen LogP) is 2.77. The Labute approximate surface area is 86.3 Å². The lowest BCUT2D eigenvalue weighted by Gasteiger charge is -2.16. The third-order valence-electron chi connectivity index (χ3n) is 2.80. The second kappa shape index (κ2) is 3.85. The van der Waals surface area contributed by atoms with Gasteiger partial charge in [0.2, 0.25) is 0 Å². The molecule has 0 aromatic heterocycles. The number of hydrogen-bond donors (Lipinski definition) is 1. The summed E-state index contributed by atoms with van der Waals surface area (Å²) in [6.45, 7) is 0. The van der Waals surface area contributed by atoms with E-state index in [9.17, 15) is 13.2 Å². The molecule has 1 aliphatic rings. The van der Waals surface area contributed by atoms with Crippen LogP contribution in [0.25, 0.3) is 0 Å². The molecule has 0 amide bonds. The monoisotopic (exact) mass is 215 g/mol. The van der Waals surface area contributed by atoms with Gasteiger partial charge in [-0.05, 0) is 31.9 Å². The van der Waals surface area contributed by atoms with Crippen LogP contribution >= 0.6 is 0 Å². The topological polar surface area (TPSA) is 12.0 Å². The van der Waals surface area contributed by atoms with E-state index in [0.717, 1.165) is 18.9 Å². The van der Waals surface area contributed by atoms with Gasteiger partial charge in [0.05, 0.1) is 0 Å². The minimum atomic E-state index is -1.38. The van der Waals surface area contributed by atoms with Crippen LogP contribution in [0.1, 0.15) is 24.4 Å². The van der Waals surface area contributed by atoms with Gasteiger partial charge in [-0.25, -0.2) is 13.2 Å². The molecule has 1 N–H and O–H groups in total. The molecule has 4 heteroatoms. The quantitative estimate of drug-likeness (QED) is 0.764. The highest BCUT2D eigenvalue weighted by Crippen LogP contribution is 2.41. The summed E-state index contributed by atoms with van der Waals surface area (Å²) < 4.78 is 39.1. The fraction of sp³-hybridized carbons (Fsp3) is 0.455. The van der Waals surface area contributed by atoms with E-state index in [1.807, 2.05) is 0 Å². The van der Waals surface area contributed by atoms with Crippen molar-refractivity contribution in [2.45, 2.75) is 18.9 Å². The van der Waals surface area contributed by atoms with Crippen LogP contribution in [0.2, 0.25) is 0 Å². The fourth-order valence-corrected chi connectivity index (χ4v) is 1.86. The average molecular weight is 215 g/mol. The minimum Gasteiger partial charge on any atom is -0.313 e. The van der Waals surface area contributed by atoms with Gasteiger partial charge >= 0.3 is 0 Å². The van der Waals surface area contributed by atoms with Crippen molar-refractivity contribution in [3.8, 4) is 0 Å². The van der Waals surface area contributed by atoms with Gasteiger partial charge in [0.1, 0.15) is 0 Å². The molecule has 1 atom stereocenters. The van der Waals surface area contributed by atoms with E-state index < -0.39 is 17.5 Å². The molecule has 1 aliphatic carbocycles. The van der Waals surface area contributed by atoms with E-state index in [-0.39, 0.29) is 11.6 Å². The molecule has 0 radical (unpaired) electrons. The van der Waals surface area contributed by atoms with Crippen LogP contribution in [0, 0.1) is 23.4 Å². The van der Waals surface area contributed by atoms with Crippen LogP contribution < -0.4 is 5.32 Å². The van der Waals surface area contributed by atoms with Crippen molar-refractivity contribution in [3.05, 3.63) is 35.1 Å². The SMILES string of the molecule is CNC(c1ccc(F)c(F)c1F)C1CC1. The zero-order valence-corrected chi connectivity index (χ0v) is 8.36. The third kappa shape index (κ3) is 1.86. The summed E-state index contributed by atoms with van der Waals surface area (Å²) in [4.78, 5) is 0. The summed E-state index contributed by atoms with van der Waals surface area (Å²) >= 11 is 0. The van der Waals surface area contributed by atoms with E-state index in [0.29, 0.717) is 5.92 Å². The van der Waals surface area contributed by atoms with Gasteiger partial charge in [0.15, 0.2) is 17.5 Å². The molecule has 82 valence electrons. The Balaban J connectivity index is 2.38. The van der Waals surface area contributed by atoms with E-state index in [1.54, 1.807) is 7.05 Å². The lowest BCUT2D eigenvalue weighted by atomic mass is 10.0. The van der Waals surface area contributed by atoms with E-state index in [2.05, 4.69) is 5.32 Å². The lowest BCUT2D eigenvalue weighted by molar-refractivity contribution is 0.420. The molecule has 2 rings (SSSR count). The van der Waals surface area contributed by atoms with Gasteiger partial charge in [0, 0.05) is 11.6 Å². The van der Waals surface area contributed by atoms with Crippen molar-refractivity contribution in [1.82, 2.24) is 5.32 Å². The van der Waals surface area contributed by atoms with Crippen LogP contribution in [-0.2, 0) is 0 Å². The highest BCUT2D eigenvalue weighted by atomic mass is 19.2. The Morgan fingerprint density at radius 2 is 1.87 bits per heavy atom. The Morgan fingerprint density at radius 1 is 1.20 bits per heavy atom. The largest absolute Gasteiger partial charge is 0.313 e. The van der Waals surface area contributed by atoms with Gasteiger partial charge in [-0.1, -0.05) is 6.07 Å². The maximum absolute atomic E-state index is 13.4. The van der Waals surface area contributed by atoms with Crippen LogP contribution in [0.5, 0.6) is 0 Å². The van der Waals surface area contributed by atoms with E-state index in [1.165, 1.54) is 6.07 Å². The molecular weight excluding hydrogens is 203 g/mol. The molecule has 1 fully saturated rings. The first kappa shape index (κ1) is 10.5. The molecular formula is C11H12F3N. The summed E-state index contributed by atoms with van der Waals surface area (Å²) in [7, 11) is 1.70. The maximum atomic E-state index is 13.4. The third-order valence-corrected chi connectivity index (χ3v) is 2.80. The molecule has 1 aromatic carbocycles. The van der Waals surface area contributed by atoms with Gasteiger partial charge < -0.3 is 5.32 Å². The molecule has 1 aromatic rings. The Morgan fingerprint density at radius 3 is 2.40 bits per heavy atom. The molecule has 15 heavy (non-hydrogen) atoms. The zero-order valence-electron chi connectivity index (χ0n) is 8.36. The molecule has 0 saturated heterocycles. The number of nitrogens with one attached hydrogen (secondary N) is 1. The van der Waals surface area contributed by atoms with Crippen LogP contribution in [0.15, 0.2) is 12.1 Å². The highest BCUT2D eigenvalue weighted by Gasteiger charge is 2.33. The van der Waals surface area contributed by atoms with Crippen molar-refractivity contribution < 1.29 is 13.2 Å². The Kier molecular flexibility index (Phi) is 2.69. The molecule has 1 nitrogen and oxygen atoms in total. The normalized spacial score (nSPS) is 17.9. The second-order valence-corrected chi connectivity index (χ2v) is 3.87. The smallest absolute Gasteiger partial charge is 0.194 e. The Hall–Kier alpha value is -1.03. The van der Waals surface area contributed by atoms with Gasteiger partial charge in [-0.15, -0.1) is 0 Å². The number of benzene rings is 1. The van der Waals surface area contributed by atoms with Crippen molar-refractivity contribution in [2.24, 2.45) is 5.92 Å². The van der Waals surface area contributed by atoms with Crippen molar-refractivity contribution in [2.75, 3.05) is 7.05 Å². The van der Waals surface area contributed by atoms with Crippen LogP contribution in [0.3, 0.4) is 0 Å². The summed E-state index contributed by atoms with van der Waals surface area (Å²) in [6, 6.07) is 2.08.